The molecule has 0 aliphatic heterocycles. The van der Waals surface area contributed by atoms with E-state index < -0.39 is 0 Å². The molecule has 8 heteroatoms. The van der Waals surface area contributed by atoms with Crippen molar-refractivity contribution in [3.05, 3.63) is 16.5 Å². The van der Waals surface area contributed by atoms with Gasteiger partial charge in [0.1, 0.15) is 14.9 Å². The standard InChI is InChI=1S/C11H11N5S3/c1-3-12-10-13-8-7(4-5-17-8)9(14-10)19-11-16-15-6(2)18-11/h4-5H,3H2,1-2H3,(H,12,13,14). The number of rotatable bonds is 4. The van der Waals surface area contributed by atoms with Crippen molar-refractivity contribution >= 4 is 50.6 Å². The number of hydrogen-bond donors (Lipinski definition) is 1. The first-order valence-corrected chi connectivity index (χ1v) is 8.24. The van der Waals surface area contributed by atoms with Gasteiger partial charge in [0.2, 0.25) is 5.95 Å². The molecule has 1 N–H and O–H groups in total. The molecule has 0 bridgehead atoms. The Bertz CT molecular complexity index is 705. The second kappa shape index (κ2) is 5.40. The number of anilines is 1. The third kappa shape index (κ3) is 2.70. The number of aromatic nitrogens is 4. The summed E-state index contributed by atoms with van der Waals surface area (Å²) in [6.07, 6.45) is 0. The maximum Gasteiger partial charge on any atom is 0.225 e. The van der Waals surface area contributed by atoms with E-state index in [-0.39, 0.29) is 0 Å². The molecule has 3 aromatic rings. The third-order valence-corrected chi connectivity index (χ3v) is 5.02. The van der Waals surface area contributed by atoms with E-state index in [1.165, 1.54) is 0 Å². The fraction of sp³-hybridized carbons (Fsp3) is 0.273. The van der Waals surface area contributed by atoms with Gasteiger partial charge in [-0.25, -0.2) is 9.97 Å². The number of fused-ring (bicyclic) bond motifs is 1. The van der Waals surface area contributed by atoms with Crippen LogP contribution in [-0.2, 0) is 0 Å². The molecule has 0 radical (unpaired) electrons. The van der Waals surface area contributed by atoms with Crippen LogP contribution in [0.25, 0.3) is 10.2 Å². The van der Waals surface area contributed by atoms with Gasteiger partial charge in [-0.2, -0.15) is 0 Å². The molecule has 3 aromatic heterocycles. The molecule has 3 rings (SSSR count). The van der Waals surface area contributed by atoms with Crippen molar-refractivity contribution in [3.8, 4) is 0 Å². The van der Waals surface area contributed by atoms with Crippen molar-refractivity contribution in [1.29, 1.82) is 0 Å². The monoisotopic (exact) mass is 309 g/mol. The summed E-state index contributed by atoms with van der Waals surface area (Å²) in [5, 5.41) is 16.3. The van der Waals surface area contributed by atoms with E-state index in [9.17, 15) is 0 Å². The van der Waals surface area contributed by atoms with Gasteiger partial charge in [-0.05, 0) is 37.1 Å². The van der Waals surface area contributed by atoms with E-state index in [0.29, 0.717) is 5.95 Å². The van der Waals surface area contributed by atoms with Crippen molar-refractivity contribution in [2.45, 2.75) is 23.2 Å². The fourth-order valence-electron chi connectivity index (χ4n) is 1.55. The van der Waals surface area contributed by atoms with E-state index in [4.69, 9.17) is 0 Å². The molecular formula is C11H11N5S3. The topological polar surface area (TPSA) is 63.6 Å². The summed E-state index contributed by atoms with van der Waals surface area (Å²) < 4.78 is 0.908. The van der Waals surface area contributed by atoms with Crippen molar-refractivity contribution in [3.63, 3.8) is 0 Å². The minimum absolute atomic E-state index is 0.668. The van der Waals surface area contributed by atoms with E-state index in [1.54, 1.807) is 34.4 Å². The summed E-state index contributed by atoms with van der Waals surface area (Å²) in [6, 6.07) is 2.05. The highest BCUT2D eigenvalue weighted by Gasteiger charge is 2.12. The summed E-state index contributed by atoms with van der Waals surface area (Å²) in [5.74, 6) is 0.668. The molecule has 5 nitrogen and oxygen atoms in total. The zero-order chi connectivity index (χ0) is 13.2. The third-order valence-electron chi connectivity index (χ3n) is 2.32. The predicted octanol–water partition coefficient (Wildman–Crippen LogP) is 3.43. The van der Waals surface area contributed by atoms with Crippen molar-refractivity contribution in [2.75, 3.05) is 11.9 Å². The van der Waals surface area contributed by atoms with Gasteiger partial charge in [0, 0.05) is 11.9 Å². The summed E-state index contributed by atoms with van der Waals surface area (Å²) in [6.45, 7) is 4.79. The zero-order valence-corrected chi connectivity index (χ0v) is 12.8. The van der Waals surface area contributed by atoms with Gasteiger partial charge < -0.3 is 5.32 Å². The second-order valence-corrected chi connectivity index (χ2v) is 7.02. The maximum atomic E-state index is 4.55. The van der Waals surface area contributed by atoms with E-state index in [1.807, 2.05) is 25.3 Å². The molecule has 0 aromatic carbocycles. The van der Waals surface area contributed by atoms with Crippen LogP contribution in [-0.4, -0.2) is 26.7 Å². The van der Waals surface area contributed by atoms with Crippen LogP contribution in [0, 0.1) is 6.92 Å². The van der Waals surface area contributed by atoms with E-state index in [2.05, 4.69) is 25.5 Å². The van der Waals surface area contributed by atoms with Crippen LogP contribution in [0.5, 0.6) is 0 Å². The first-order valence-electron chi connectivity index (χ1n) is 5.73. The Morgan fingerprint density at radius 3 is 2.95 bits per heavy atom. The second-order valence-electron chi connectivity index (χ2n) is 3.71. The molecule has 0 atom stereocenters. The number of nitrogens with zero attached hydrogens (tertiary/aromatic N) is 4. The van der Waals surface area contributed by atoms with Gasteiger partial charge in [0.15, 0.2) is 4.34 Å². The molecule has 0 fully saturated rings. The zero-order valence-electron chi connectivity index (χ0n) is 10.4. The highest BCUT2D eigenvalue weighted by Crippen LogP contribution is 2.35. The van der Waals surface area contributed by atoms with Crippen molar-refractivity contribution < 1.29 is 0 Å². The lowest BCUT2D eigenvalue weighted by Crippen LogP contribution is -2.02. The molecule has 19 heavy (non-hydrogen) atoms. The van der Waals surface area contributed by atoms with Crippen LogP contribution >= 0.6 is 34.4 Å². The van der Waals surface area contributed by atoms with E-state index >= 15 is 0 Å². The van der Waals surface area contributed by atoms with Crippen LogP contribution in [0.4, 0.5) is 5.95 Å². The summed E-state index contributed by atoms with van der Waals surface area (Å²) in [5.41, 5.74) is 0. The lowest BCUT2D eigenvalue weighted by molar-refractivity contribution is 0.980. The molecular weight excluding hydrogens is 298 g/mol. The lowest BCUT2D eigenvalue weighted by atomic mass is 10.4. The first kappa shape index (κ1) is 12.8. The van der Waals surface area contributed by atoms with Gasteiger partial charge in [0.25, 0.3) is 0 Å². The quantitative estimate of drug-likeness (QED) is 0.745. The minimum atomic E-state index is 0.668. The average molecular weight is 309 g/mol. The normalized spacial score (nSPS) is 11.1. The highest BCUT2D eigenvalue weighted by atomic mass is 32.2. The van der Waals surface area contributed by atoms with Crippen LogP contribution in [0.1, 0.15) is 11.9 Å². The number of aryl methyl sites for hydroxylation is 1. The average Bonchev–Trinajstić information content (AvgIpc) is 2.99. The molecule has 3 heterocycles. The Balaban J connectivity index is 2.02. The van der Waals surface area contributed by atoms with Crippen molar-refractivity contribution in [1.82, 2.24) is 20.2 Å². The number of hydrogen-bond acceptors (Lipinski definition) is 8. The van der Waals surface area contributed by atoms with Crippen molar-refractivity contribution in [2.24, 2.45) is 0 Å². The molecule has 0 aliphatic carbocycles. The van der Waals surface area contributed by atoms with E-state index in [0.717, 1.165) is 31.1 Å². The van der Waals surface area contributed by atoms with Gasteiger partial charge in [-0.1, -0.05) is 11.3 Å². The first-order chi connectivity index (χ1) is 9.26. The highest BCUT2D eigenvalue weighted by molar-refractivity contribution is 8.01. The van der Waals surface area contributed by atoms with Gasteiger partial charge >= 0.3 is 0 Å². The van der Waals surface area contributed by atoms with Crippen LogP contribution in [0.2, 0.25) is 0 Å². The molecule has 0 unspecified atom stereocenters. The SMILES string of the molecule is CCNc1nc(Sc2nnc(C)s2)c2ccsc2n1. The number of nitrogens with one attached hydrogen (secondary N) is 1. The molecule has 0 amide bonds. The summed E-state index contributed by atoms with van der Waals surface area (Å²) in [7, 11) is 0. The van der Waals surface area contributed by atoms with Crippen LogP contribution in [0.15, 0.2) is 20.8 Å². The fourth-order valence-corrected chi connectivity index (χ4v) is 4.21. The Kier molecular flexibility index (Phi) is 3.63. The minimum Gasteiger partial charge on any atom is -0.354 e. The molecule has 0 saturated carbocycles. The smallest absolute Gasteiger partial charge is 0.225 e. The Hall–Kier alpha value is -1.25. The number of thiophene rings is 1. The molecule has 0 saturated heterocycles. The Morgan fingerprint density at radius 2 is 2.21 bits per heavy atom. The molecule has 98 valence electrons. The molecule has 0 spiro atoms. The molecule has 0 aliphatic rings. The van der Waals surface area contributed by atoms with Crippen LogP contribution < -0.4 is 5.32 Å². The predicted molar refractivity (Wildman–Crippen MR) is 80.3 cm³/mol. The Morgan fingerprint density at radius 1 is 1.32 bits per heavy atom. The van der Waals surface area contributed by atoms with Gasteiger partial charge in [-0.15, -0.1) is 21.5 Å². The van der Waals surface area contributed by atoms with Gasteiger partial charge in [0.05, 0.1) is 0 Å². The van der Waals surface area contributed by atoms with Crippen LogP contribution in [0.3, 0.4) is 0 Å². The summed E-state index contributed by atoms with van der Waals surface area (Å²) in [4.78, 5) is 10.0. The van der Waals surface area contributed by atoms with Gasteiger partial charge in [-0.3, -0.25) is 0 Å². The Labute approximate surface area is 122 Å². The summed E-state index contributed by atoms with van der Waals surface area (Å²) >= 11 is 4.74. The largest absolute Gasteiger partial charge is 0.354 e. The maximum absolute atomic E-state index is 4.55. The lowest BCUT2D eigenvalue weighted by Gasteiger charge is -2.04.